The van der Waals surface area contributed by atoms with Crippen molar-refractivity contribution < 1.29 is 0 Å². The Kier molecular flexibility index (Phi) is 9.07. The van der Waals surface area contributed by atoms with Crippen LogP contribution in [-0.2, 0) is 13.0 Å². The van der Waals surface area contributed by atoms with E-state index in [1.807, 2.05) is 18.2 Å². The minimum Gasteiger partial charge on any atom is -0.340 e. The number of nitrogens with zero attached hydrogens (tertiary/aromatic N) is 3. The lowest BCUT2D eigenvalue weighted by atomic mass is 9.63. The van der Waals surface area contributed by atoms with Crippen molar-refractivity contribution in [2.75, 3.05) is 25.0 Å². The highest BCUT2D eigenvalue weighted by atomic mass is 35.5. The molecule has 3 aromatic rings. The maximum Gasteiger partial charge on any atom is 0.328 e. The van der Waals surface area contributed by atoms with Gasteiger partial charge in [0, 0.05) is 48.0 Å². The van der Waals surface area contributed by atoms with Crippen LogP contribution in [0, 0.1) is 17.3 Å². The minimum atomic E-state index is -0.452. The molecule has 0 radical (unpaired) electrons. The average molecular weight is 614 g/mol. The molecule has 2 aromatic carbocycles. The number of anilines is 1. The number of benzene rings is 2. The Balaban J connectivity index is 1.42. The highest BCUT2D eigenvalue weighted by Crippen LogP contribution is 2.44. The third-order valence-electron chi connectivity index (χ3n) is 9.53. The van der Waals surface area contributed by atoms with E-state index in [9.17, 15) is 9.59 Å². The van der Waals surface area contributed by atoms with Gasteiger partial charge in [0.05, 0.1) is 16.9 Å². The Morgan fingerprint density at radius 3 is 2.64 bits per heavy atom. The predicted molar refractivity (Wildman–Crippen MR) is 174 cm³/mol. The normalized spacial score (nSPS) is 24.6. The molecule has 0 amide bonds. The Hall–Kier alpha value is -2.81. The highest BCUT2D eigenvalue weighted by Gasteiger charge is 2.39. The average Bonchev–Trinajstić information content (AvgIpc) is 2.93. The van der Waals surface area contributed by atoms with E-state index >= 15 is 0 Å². The maximum atomic E-state index is 13.3. The predicted octanol–water partition coefficient (Wildman–Crippen LogP) is 5.76. The topological polar surface area (TPSA) is 94.5 Å². The van der Waals surface area contributed by atoms with Crippen LogP contribution in [0.25, 0.3) is 10.9 Å². The molecule has 0 bridgehead atoms. The molecule has 3 N–H and O–H groups in total. The van der Waals surface area contributed by atoms with Crippen molar-refractivity contribution in [2.24, 2.45) is 22.2 Å². The van der Waals surface area contributed by atoms with Crippen molar-refractivity contribution in [2.45, 2.75) is 72.5 Å². The van der Waals surface area contributed by atoms with Gasteiger partial charge in [-0.05, 0) is 79.3 Å². The van der Waals surface area contributed by atoms with Gasteiger partial charge in [0.2, 0.25) is 0 Å². The Morgan fingerprint density at radius 1 is 1.12 bits per heavy atom. The molecule has 10 heteroatoms. The van der Waals surface area contributed by atoms with Gasteiger partial charge in [0.1, 0.15) is 0 Å². The number of fused-ring (bicyclic) bond motifs is 1. The Bertz CT molecular complexity index is 1600. The number of aromatic nitrogens is 2. The number of guanidine groups is 1. The van der Waals surface area contributed by atoms with E-state index in [1.54, 1.807) is 18.2 Å². The molecule has 1 saturated carbocycles. The number of H-pyrrole nitrogens is 1. The monoisotopic (exact) mass is 612 g/mol. The molecular weight excluding hydrogens is 571 g/mol. The SMILES string of the molecule is C[C@@H]1[C@@H](N=C(Nc2ccc3c(=O)n(CCc4ccc(Cl)cc4Cl)c(=O)[nH]c3c2)N2CCN[C@@H](C)C2)CCC(C)(C)[C@H]1C. The first-order chi connectivity index (χ1) is 19.9. The number of aromatic amines is 1. The summed E-state index contributed by atoms with van der Waals surface area (Å²) in [6, 6.07) is 11.3. The van der Waals surface area contributed by atoms with E-state index in [0.717, 1.165) is 49.7 Å². The van der Waals surface area contributed by atoms with Crippen LogP contribution in [0.15, 0.2) is 51.0 Å². The fourth-order valence-corrected chi connectivity index (χ4v) is 6.84. The standard InChI is InChI=1S/C32H42Cl2N6O2/c1-19-18-39(15-13-35-19)30(37-27-10-12-32(4,5)21(3)20(27)2)36-24-8-9-25-28(17-24)38-31(42)40(29(25)41)14-11-22-6-7-23(33)16-26(22)34/h6-9,16-17,19-21,27,35H,10-15,18H2,1-5H3,(H,36,37)(H,38,42)/t19-,20-,21-,27-/m0/s1. The van der Waals surface area contributed by atoms with Crippen LogP contribution < -0.4 is 21.9 Å². The first-order valence-electron chi connectivity index (χ1n) is 15.0. The van der Waals surface area contributed by atoms with E-state index in [-0.39, 0.29) is 18.1 Å². The fourth-order valence-electron chi connectivity index (χ4n) is 6.33. The van der Waals surface area contributed by atoms with Gasteiger partial charge >= 0.3 is 5.69 Å². The van der Waals surface area contributed by atoms with Gasteiger partial charge in [-0.3, -0.25) is 9.36 Å². The van der Waals surface area contributed by atoms with Gasteiger partial charge in [-0.25, -0.2) is 9.79 Å². The summed E-state index contributed by atoms with van der Waals surface area (Å²) in [7, 11) is 0. The first-order valence-corrected chi connectivity index (χ1v) is 15.7. The van der Waals surface area contributed by atoms with Crippen LogP contribution in [0.4, 0.5) is 5.69 Å². The van der Waals surface area contributed by atoms with Crippen LogP contribution in [0.3, 0.4) is 0 Å². The molecule has 4 atom stereocenters. The number of piperazine rings is 1. The lowest BCUT2D eigenvalue weighted by Gasteiger charge is -2.44. The summed E-state index contributed by atoms with van der Waals surface area (Å²) in [4.78, 5) is 36.9. The molecule has 2 aliphatic rings. The summed E-state index contributed by atoms with van der Waals surface area (Å²) in [5, 5.41) is 8.59. The fraction of sp³-hybridized carbons (Fsp3) is 0.531. The van der Waals surface area contributed by atoms with E-state index in [2.05, 4.69) is 55.1 Å². The smallest absolute Gasteiger partial charge is 0.328 e. The van der Waals surface area contributed by atoms with Crippen LogP contribution in [0.2, 0.25) is 10.0 Å². The second kappa shape index (κ2) is 12.4. The Morgan fingerprint density at radius 2 is 1.90 bits per heavy atom. The van der Waals surface area contributed by atoms with Gasteiger partial charge < -0.3 is 20.5 Å². The van der Waals surface area contributed by atoms with E-state index < -0.39 is 5.69 Å². The number of hydrogen-bond donors (Lipinski definition) is 3. The first kappa shape index (κ1) is 30.6. The summed E-state index contributed by atoms with van der Waals surface area (Å²) in [5.74, 6) is 1.87. The van der Waals surface area contributed by atoms with Crippen molar-refractivity contribution in [1.82, 2.24) is 19.8 Å². The summed E-state index contributed by atoms with van der Waals surface area (Å²) in [6.07, 6.45) is 2.63. The van der Waals surface area contributed by atoms with Crippen LogP contribution in [0.5, 0.6) is 0 Å². The van der Waals surface area contributed by atoms with Crippen molar-refractivity contribution in [3.63, 3.8) is 0 Å². The van der Waals surface area contributed by atoms with Gasteiger partial charge in [-0.1, -0.05) is 57.0 Å². The molecule has 5 rings (SSSR count). The molecule has 1 aliphatic carbocycles. The van der Waals surface area contributed by atoms with Gasteiger partial charge in [-0.2, -0.15) is 0 Å². The summed E-state index contributed by atoms with van der Waals surface area (Å²) in [5.41, 5.74) is 1.62. The van der Waals surface area contributed by atoms with Crippen LogP contribution in [0.1, 0.15) is 53.0 Å². The zero-order valence-corrected chi connectivity index (χ0v) is 26.6. The van der Waals surface area contributed by atoms with Crippen molar-refractivity contribution >= 4 is 45.8 Å². The van der Waals surface area contributed by atoms with Crippen molar-refractivity contribution in [3.8, 4) is 0 Å². The summed E-state index contributed by atoms with van der Waals surface area (Å²) >= 11 is 12.3. The van der Waals surface area contributed by atoms with Crippen LogP contribution >= 0.6 is 23.2 Å². The molecule has 8 nitrogen and oxygen atoms in total. The number of aryl methyl sites for hydroxylation is 1. The van der Waals surface area contributed by atoms with Crippen molar-refractivity contribution in [3.05, 3.63) is 72.8 Å². The molecule has 1 saturated heterocycles. The second-order valence-electron chi connectivity index (χ2n) is 12.8. The molecule has 2 heterocycles. The minimum absolute atomic E-state index is 0.207. The zero-order valence-electron chi connectivity index (χ0n) is 25.1. The van der Waals surface area contributed by atoms with Gasteiger partial charge in [0.25, 0.3) is 5.56 Å². The summed E-state index contributed by atoms with van der Waals surface area (Å²) < 4.78 is 1.22. The largest absolute Gasteiger partial charge is 0.340 e. The molecule has 2 fully saturated rings. The third-order valence-corrected chi connectivity index (χ3v) is 10.1. The third kappa shape index (κ3) is 6.56. The maximum absolute atomic E-state index is 13.3. The van der Waals surface area contributed by atoms with E-state index in [0.29, 0.717) is 50.7 Å². The molecule has 0 spiro atoms. The molecule has 226 valence electrons. The molecular formula is C32H42Cl2N6O2. The number of aliphatic imine (C=N–C) groups is 1. The molecule has 0 unspecified atom stereocenters. The number of rotatable bonds is 5. The zero-order chi connectivity index (χ0) is 30.2. The lowest BCUT2D eigenvalue weighted by Crippen LogP contribution is -2.53. The number of hydrogen-bond acceptors (Lipinski definition) is 4. The number of nitrogens with one attached hydrogen (secondary N) is 3. The van der Waals surface area contributed by atoms with Crippen molar-refractivity contribution in [1.29, 1.82) is 0 Å². The lowest BCUT2D eigenvalue weighted by molar-refractivity contribution is 0.0828. The number of halogens is 2. The quantitative estimate of drug-likeness (QED) is 0.251. The molecule has 42 heavy (non-hydrogen) atoms. The highest BCUT2D eigenvalue weighted by molar-refractivity contribution is 6.35. The second-order valence-corrected chi connectivity index (χ2v) is 13.6. The molecule has 1 aliphatic heterocycles. The van der Waals surface area contributed by atoms with E-state index in [1.165, 1.54) is 4.57 Å². The van der Waals surface area contributed by atoms with Gasteiger partial charge in [0.15, 0.2) is 5.96 Å². The molecule has 1 aromatic heterocycles. The Labute approximate surface area is 257 Å². The van der Waals surface area contributed by atoms with Crippen LogP contribution in [-0.4, -0.2) is 52.1 Å². The van der Waals surface area contributed by atoms with Gasteiger partial charge in [-0.15, -0.1) is 0 Å². The summed E-state index contributed by atoms with van der Waals surface area (Å²) in [6.45, 7) is 14.4. The van der Waals surface area contributed by atoms with E-state index in [4.69, 9.17) is 28.2 Å².